The van der Waals surface area contributed by atoms with Gasteiger partial charge in [-0.2, -0.15) is 0 Å². The number of carbonyl (C=O) groups is 2. The predicted molar refractivity (Wildman–Crippen MR) is 162 cm³/mol. The first-order chi connectivity index (χ1) is 20.2. The molecule has 6 rings (SSSR count). The molecular weight excluding hydrogens is 602 g/mol. The maximum absolute atomic E-state index is 14.1. The Morgan fingerprint density at radius 1 is 0.857 bits per heavy atom. The van der Waals surface area contributed by atoms with Crippen molar-refractivity contribution in [3.63, 3.8) is 0 Å². The summed E-state index contributed by atoms with van der Waals surface area (Å²) in [5, 5.41) is 0.236. The van der Waals surface area contributed by atoms with Crippen molar-refractivity contribution in [3.8, 4) is 28.6 Å². The summed E-state index contributed by atoms with van der Waals surface area (Å²) < 4.78 is 24.0. The Kier molecular flexibility index (Phi) is 7.14. The minimum atomic E-state index is -0.717. The Morgan fingerprint density at radius 3 is 2.19 bits per heavy atom. The number of anilines is 1. The number of amides is 2. The first kappa shape index (κ1) is 27.8. The molecule has 1 fully saturated rings. The molecule has 42 heavy (non-hydrogen) atoms. The molecule has 3 aromatic carbocycles. The monoisotopic (exact) mass is 629 g/mol. The summed E-state index contributed by atoms with van der Waals surface area (Å²) in [7, 11) is 4.57. The van der Waals surface area contributed by atoms with Crippen molar-refractivity contribution in [2.75, 3.05) is 26.2 Å². The van der Waals surface area contributed by atoms with Gasteiger partial charge in [-0.05, 0) is 61.9 Å². The normalized spacial score (nSPS) is 20.0. The molecule has 3 atom stereocenters. The number of methoxy groups -OCH3 is 3. The molecule has 0 radical (unpaired) electrons. The van der Waals surface area contributed by atoms with E-state index in [0.717, 1.165) is 10.0 Å². The van der Waals surface area contributed by atoms with Crippen LogP contribution in [0, 0.1) is 11.8 Å². The van der Waals surface area contributed by atoms with Crippen LogP contribution >= 0.6 is 15.9 Å². The number of hydrogen-bond donors (Lipinski definition) is 0. The SMILES string of the molecule is COc1ccc(-c2cc(=O)c3c(OC)cc(OC)c(C4C=C(C)C[C@@H]5C(=O)N(c6ccc(Br)cc6)C(=O)[C@H]45)c3o2)cc1. The van der Waals surface area contributed by atoms with Crippen molar-refractivity contribution in [1.29, 1.82) is 0 Å². The number of imide groups is 1. The zero-order valence-corrected chi connectivity index (χ0v) is 25.1. The van der Waals surface area contributed by atoms with Crippen LogP contribution in [0.5, 0.6) is 17.2 Å². The molecule has 0 bridgehead atoms. The highest BCUT2D eigenvalue weighted by atomic mass is 79.9. The molecule has 1 aliphatic heterocycles. The van der Waals surface area contributed by atoms with Crippen molar-refractivity contribution < 1.29 is 28.2 Å². The predicted octanol–water partition coefficient (Wildman–Crippen LogP) is 6.49. The van der Waals surface area contributed by atoms with Gasteiger partial charge >= 0.3 is 0 Å². The van der Waals surface area contributed by atoms with Gasteiger partial charge in [-0.25, -0.2) is 0 Å². The lowest BCUT2D eigenvalue weighted by molar-refractivity contribution is -0.122. The van der Waals surface area contributed by atoms with E-state index in [9.17, 15) is 14.4 Å². The summed E-state index contributed by atoms with van der Waals surface area (Å²) in [6.07, 6.45) is 2.44. The Hall–Kier alpha value is -4.37. The molecular formula is C33H28BrNO7. The highest BCUT2D eigenvalue weighted by Crippen LogP contribution is 2.51. The molecule has 1 aliphatic carbocycles. The second-order valence-corrected chi connectivity index (χ2v) is 11.4. The van der Waals surface area contributed by atoms with Crippen molar-refractivity contribution in [2.24, 2.45) is 11.8 Å². The number of rotatable bonds is 6. The zero-order valence-electron chi connectivity index (χ0n) is 23.5. The van der Waals surface area contributed by atoms with Crippen LogP contribution in [0.15, 0.2) is 86.0 Å². The Bertz CT molecular complexity index is 1810. The molecule has 9 heteroatoms. The van der Waals surface area contributed by atoms with E-state index < -0.39 is 17.8 Å². The Labute approximate surface area is 250 Å². The summed E-state index contributed by atoms with van der Waals surface area (Å²) in [6.45, 7) is 1.94. The molecule has 1 saturated heterocycles. The van der Waals surface area contributed by atoms with Crippen LogP contribution in [0.2, 0.25) is 0 Å². The molecule has 1 unspecified atom stereocenters. The molecule has 214 valence electrons. The third kappa shape index (κ3) is 4.48. The van der Waals surface area contributed by atoms with E-state index in [1.165, 1.54) is 25.2 Å². The quantitative estimate of drug-likeness (QED) is 0.178. The number of benzene rings is 3. The average molecular weight is 630 g/mol. The summed E-state index contributed by atoms with van der Waals surface area (Å²) in [5.74, 6) is -0.754. The molecule has 2 amide bonds. The molecule has 4 aromatic rings. The number of halogens is 1. The summed E-state index contributed by atoms with van der Waals surface area (Å²) >= 11 is 3.42. The van der Waals surface area contributed by atoms with Gasteiger partial charge in [0.2, 0.25) is 11.8 Å². The van der Waals surface area contributed by atoms with E-state index in [4.69, 9.17) is 18.6 Å². The highest BCUT2D eigenvalue weighted by Gasteiger charge is 2.53. The first-order valence-electron chi connectivity index (χ1n) is 13.4. The minimum Gasteiger partial charge on any atom is -0.497 e. The first-order valence-corrected chi connectivity index (χ1v) is 14.2. The van der Waals surface area contributed by atoms with Crippen LogP contribution in [-0.4, -0.2) is 33.1 Å². The number of allylic oxidation sites excluding steroid dienone is 2. The van der Waals surface area contributed by atoms with Gasteiger partial charge in [-0.1, -0.05) is 27.6 Å². The van der Waals surface area contributed by atoms with E-state index in [1.807, 2.05) is 13.0 Å². The van der Waals surface area contributed by atoms with Crippen molar-refractivity contribution in [3.05, 3.63) is 92.6 Å². The summed E-state index contributed by atoms with van der Waals surface area (Å²) in [4.78, 5) is 42.8. The van der Waals surface area contributed by atoms with Crippen LogP contribution in [0.4, 0.5) is 5.69 Å². The van der Waals surface area contributed by atoms with Crippen LogP contribution in [0.1, 0.15) is 24.8 Å². The van der Waals surface area contributed by atoms with E-state index in [2.05, 4.69) is 15.9 Å². The number of nitrogens with zero attached hydrogens (tertiary/aromatic N) is 1. The van der Waals surface area contributed by atoms with Crippen LogP contribution < -0.4 is 24.5 Å². The molecule has 0 saturated carbocycles. The number of fused-ring (bicyclic) bond motifs is 2. The van der Waals surface area contributed by atoms with Gasteiger partial charge in [0, 0.05) is 33.7 Å². The minimum absolute atomic E-state index is 0.236. The van der Waals surface area contributed by atoms with Crippen LogP contribution in [-0.2, 0) is 9.59 Å². The molecule has 2 heterocycles. The van der Waals surface area contributed by atoms with Crippen molar-refractivity contribution >= 4 is 44.4 Å². The van der Waals surface area contributed by atoms with Crippen LogP contribution in [0.3, 0.4) is 0 Å². The highest BCUT2D eigenvalue weighted by molar-refractivity contribution is 9.10. The van der Waals surface area contributed by atoms with E-state index >= 15 is 0 Å². The molecule has 0 N–H and O–H groups in total. The van der Waals surface area contributed by atoms with E-state index in [1.54, 1.807) is 61.7 Å². The largest absolute Gasteiger partial charge is 0.497 e. The summed E-state index contributed by atoms with van der Waals surface area (Å²) in [5.41, 5.74) is 2.61. The molecule has 8 nitrogen and oxygen atoms in total. The second-order valence-electron chi connectivity index (χ2n) is 10.5. The van der Waals surface area contributed by atoms with E-state index in [0.29, 0.717) is 46.2 Å². The van der Waals surface area contributed by atoms with Crippen LogP contribution in [0.25, 0.3) is 22.3 Å². The van der Waals surface area contributed by atoms with Gasteiger partial charge < -0.3 is 18.6 Å². The molecule has 0 spiro atoms. The maximum Gasteiger partial charge on any atom is 0.238 e. The lowest BCUT2D eigenvalue weighted by Crippen LogP contribution is -2.31. The number of carbonyl (C=O) groups excluding carboxylic acids is 2. The standard InChI is InChI=1S/C33H28BrNO7/c1-17-13-22(28-23(14-17)32(37)35(33(28)38)20-9-7-19(34)8-10-20)29-26(40-3)16-27(41-4)30-24(36)15-25(42-31(29)30)18-5-11-21(39-2)12-6-18/h5-13,15-16,22-23,28H,14H2,1-4H3/t22?,23-,28+/m0/s1. The lowest BCUT2D eigenvalue weighted by Gasteiger charge is -2.30. The van der Waals surface area contributed by atoms with E-state index in [-0.39, 0.29) is 28.2 Å². The topological polar surface area (TPSA) is 95.3 Å². The van der Waals surface area contributed by atoms with Crippen molar-refractivity contribution in [1.82, 2.24) is 0 Å². The third-order valence-corrected chi connectivity index (χ3v) is 8.60. The fourth-order valence-corrected chi connectivity index (χ4v) is 6.40. The Morgan fingerprint density at radius 2 is 1.55 bits per heavy atom. The molecule has 2 aliphatic rings. The fourth-order valence-electron chi connectivity index (χ4n) is 6.14. The van der Waals surface area contributed by atoms with Gasteiger partial charge in [-0.15, -0.1) is 0 Å². The van der Waals surface area contributed by atoms with Gasteiger partial charge in [0.15, 0.2) is 5.43 Å². The fraction of sp³-hybridized carbons (Fsp3) is 0.242. The maximum atomic E-state index is 14.1. The smallest absolute Gasteiger partial charge is 0.238 e. The van der Waals surface area contributed by atoms with Gasteiger partial charge in [-0.3, -0.25) is 19.3 Å². The van der Waals surface area contributed by atoms with Gasteiger partial charge in [0.05, 0.1) is 38.9 Å². The number of hydrogen-bond acceptors (Lipinski definition) is 7. The lowest BCUT2D eigenvalue weighted by atomic mass is 9.71. The molecule has 1 aromatic heterocycles. The van der Waals surface area contributed by atoms with Crippen molar-refractivity contribution in [2.45, 2.75) is 19.3 Å². The number of ether oxygens (including phenoxy) is 3. The van der Waals surface area contributed by atoms with Gasteiger partial charge in [0.25, 0.3) is 0 Å². The Balaban J connectivity index is 1.58. The van der Waals surface area contributed by atoms with Gasteiger partial charge in [0.1, 0.15) is 34.0 Å². The summed E-state index contributed by atoms with van der Waals surface area (Å²) in [6, 6.07) is 17.3. The zero-order chi connectivity index (χ0) is 29.7. The second kappa shape index (κ2) is 10.8. The average Bonchev–Trinajstić information content (AvgIpc) is 3.25. The third-order valence-electron chi connectivity index (χ3n) is 8.07.